The van der Waals surface area contributed by atoms with E-state index in [4.69, 9.17) is 0 Å². The van der Waals surface area contributed by atoms with E-state index < -0.39 is 0 Å². The summed E-state index contributed by atoms with van der Waals surface area (Å²) in [6.07, 6.45) is 0.242. The first-order chi connectivity index (χ1) is 10.6. The molecular weight excluding hydrogens is 320 g/mol. The molecule has 0 saturated carbocycles. The minimum Gasteiger partial charge on any atom is -0.344 e. The monoisotopic (exact) mass is 338 g/mol. The highest BCUT2D eigenvalue weighted by atomic mass is 32.1. The fraction of sp³-hybridized carbons (Fsp3) is 0.357. The van der Waals surface area contributed by atoms with Gasteiger partial charge in [-0.3, -0.25) is 14.9 Å². The number of hydrogen-bond acceptors (Lipinski definition) is 6. The molecule has 2 N–H and O–H groups in total. The van der Waals surface area contributed by atoms with Crippen molar-refractivity contribution in [3.63, 3.8) is 0 Å². The van der Waals surface area contributed by atoms with Gasteiger partial charge in [0.15, 0.2) is 5.13 Å². The molecule has 8 heteroatoms. The molecular formula is C14H18N4O2S2. The summed E-state index contributed by atoms with van der Waals surface area (Å²) in [5.74, 6) is -0.162. The Balaban J connectivity index is 1.88. The molecule has 2 aromatic rings. The molecule has 0 aliphatic carbocycles. The van der Waals surface area contributed by atoms with Gasteiger partial charge in [-0.15, -0.1) is 22.7 Å². The minimum atomic E-state index is -0.173. The summed E-state index contributed by atoms with van der Waals surface area (Å²) in [6, 6.07) is 3.58. The first kappa shape index (κ1) is 16.6. The van der Waals surface area contributed by atoms with Gasteiger partial charge in [0.2, 0.25) is 5.91 Å². The zero-order chi connectivity index (χ0) is 15.9. The third-order valence-electron chi connectivity index (χ3n) is 2.97. The molecule has 2 amide bonds. The van der Waals surface area contributed by atoms with Crippen molar-refractivity contribution in [2.75, 3.05) is 32.5 Å². The van der Waals surface area contributed by atoms with Gasteiger partial charge >= 0.3 is 0 Å². The van der Waals surface area contributed by atoms with Crippen molar-refractivity contribution in [2.24, 2.45) is 0 Å². The SMILES string of the molecule is CNCCN(C)C(=O)Cc1csc(NC(=O)c2cccs2)n1. The fourth-order valence-corrected chi connectivity index (χ4v) is 3.03. The van der Waals surface area contributed by atoms with Crippen LogP contribution >= 0.6 is 22.7 Å². The van der Waals surface area contributed by atoms with Crippen LogP contribution in [0.2, 0.25) is 0 Å². The van der Waals surface area contributed by atoms with E-state index in [2.05, 4.69) is 15.6 Å². The lowest BCUT2D eigenvalue weighted by atomic mass is 10.3. The van der Waals surface area contributed by atoms with Gasteiger partial charge < -0.3 is 10.2 Å². The summed E-state index contributed by atoms with van der Waals surface area (Å²) in [7, 11) is 3.62. The molecule has 22 heavy (non-hydrogen) atoms. The van der Waals surface area contributed by atoms with E-state index in [9.17, 15) is 9.59 Å². The lowest BCUT2D eigenvalue weighted by Gasteiger charge is -2.15. The quantitative estimate of drug-likeness (QED) is 0.805. The van der Waals surface area contributed by atoms with Crippen molar-refractivity contribution >= 4 is 39.6 Å². The number of carbonyl (C=O) groups excluding carboxylic acids is 2. The number of thiophene rings is 1. The molecule has 0 unspecified atom stereocenters. The van der Waals surface area contributed by atoms with Gasteiger partial charge in [-0.05, 0) is 18.5 Å². The van der Waals surface area contributed by atoms with Crippen molar-refractivity contribution in [2.45, 2.75) is 6.42 Å². The predicted octanol–water partition coefficient (Wildman–Crippen LogP) is 1.68. The van der Waals surface area contributed by atoms with Gasteiger partial charge in [-0.1, -0.05) is 6.07 Å². The summed E-state index contributed by atoms with van der Waals surface area (Å²) in [5.41, 5.74) is 0.674. The molecule has 6 nitrogen and oxygen atoms in total. The van der Waals surface area contributed by atoms with Crippen molar-refractivity contribution in [1.82, 2.24) is 15.2 Å². The summed E-state index contributed by atoms with van der Waals surface area (Å²) < 4.78 is 0. The Kier molecular flexibility index (Phi) is 6.05. The van der Waals surface area contributed by atoms with Gasteiger partial charge in [0, 0.05) is 25.5 Å². The second kappa shape index (κ2) is 8.02. The topological polar surface area (TPSA) is 74.3 Å². The molecule has 2 heterocycles. The first-order valence-electron chi connectivity index (χ1n) is 6.78. The second-order valence-electron chi connectivity index (χ2n) is 4.67. The highest BCUT2D eigenvalue weighted by Crippen LogP contribution is 2.18. The van der Waals surface area contributed by atoms with E-state index >= 15 is 0 Å². The normalized spacial score (nSPS) is 10.5. The molecule has 0 fully saturated rings. The van der Waals surface area contributed by atoms with Crippen LogP contribution < -0.4 is 10.6 Å². The summed E-state index contributed by atoms with van der Waals surface area (Å²) in [5, 5.41) is 9.91. The lowest BCUT2D eigenvalue weighted by Crippen LogP contribution is -2.33. The van der Waals surface area contributed by atoms with Gasteiger partial charge in [0.1, 0.15) is 0 Å². The summed E-state index contributed by atoms with van der Waals surface area (Å²) in [4.78, 5) is 30.5. The first-order valence-corrected chi connectivity index (χ1v) is 8.54. The molecule has 2 aromatic heterocycles. The summed E-state index contributed by atoms with van der Waals surface area (Å²) in [6.45, 7) is 1.41. The molecule has 0 aliphatic heterocycles. The number of aromatic nitrogens is 1. The van der Waals surface area contributed by atoms with E-state index in [0.29, 0.717) is 22.2 Å². The Labute approximate surface area is 137 Å². The standard InChI is InChI=1S/C14H18N4O2S2/c1-15-5-6-18(2)12(19)8-10-9-22-14(16-10)17-13(20)11-4-3-7-21-11/h3-4,7,9,15H,5-6,8H2,1-2H3,(H,16,17,20). The fourth-order valence-electron chi connectivity index (χ4n) is 1.71. The Hall–Kier alpha value is -1.77. The number of hydrogen-bond donors (Lipinski definition) is 2. The van der Waals surface area contributed by atoms with Crippen LogP contribution in [0.1, 0.15) is 15.4 Å². The smallest absolute Gasteiger partial charge is 0.267 e. The Morgan fingerprint density at radius 2 is 2.18 bits per heavy atom. The van der Waals surface area contributed by atoms with Crippen LogP contribution in [0.5, 0.6) is 0 Å². The third kappa shape index (κ3) is 4.62. The van der Waals surface area contributed by atoms with Crippen LogP contribution in [0.4, 0.5) is 5.13 Å². The molecule has 0 atom stereocenters. The van der Waals surface area contributed by atoms with Crippen molar-refractivity contribution in [1.29, 1.82) is 0 Å². The number of likely N-dealkylation sites (N-methyl/N-ethyl adjacent to an activating group) is 2. The van der Waals surface area contributed by atoms with Crippen LogP contribution in [0.15, 0.2) is 22.9 Å². The van der Waals surface area contributed by atoms with Gasteiger partial charge in [0.25, 0.3) is 5.91 Å². The molecule has 0 saturated heterocycles. The van der Waals surface area contributed by atoms with Gasteiger partial charge in [0.05, 0.1) is 17.0 Å². The van der Waals surface area contributed by atoms with Crippen LogP contribution in [-0.2, 0) is 11.2 Å². The maximum atomic E-state index is 12.0. The number of thiazole rings is 1. The number of nitrogens with one attached hydrogen (secondary N) is 2. The van der Waals surface area contributed by atoms with E-state index in [1.807, 2.05) is 18.5 Å². The van der Waals surface area contributed by atoms with Crippen LogP contribution in [0.25, 0.3) is 0 Å². The van der Waals surface area contributed by atoms with Crippen LogP contribution in [0, 0.1) is 0 Å². The molecule has 0 radical (unpaired) electrons. The van der Waals surface area contributed by atoms with E-state index in [-0.39, 0.29) is 18.2 Å². The maximum Gasteiger partial charge on any atom is 0.267 e. The zero-order valence-corrected chi connectivity index (χ0v) is 14.1. The largest absolute Gasteiger partial charge is 0.344 e. The Morgan fingerprint density at radius 3 is 2.86 bits per heavy atom. The molecule has 0 bridgehead atoms. The number of amides is 2. The number of carbonyl (C=O) groups is 2. The molecule has 0 spiro atoms. The third-order valence-corrected chi connectivity index (χ3v) is 4.65. The van der Waals surface area contributed by atoms with E-state index in [0.717, 1.165) is 6.54 Å². The average Bonchev–Trinajstić information content (AvgIpc) is 3.16. The van der Waals surface area contributed by atoms with Crippen molar-refractivity contribution < 1.29 is 9.59 Å². The lowest BCUT2D eigenvalue weighted by molar-refractivity contribution is -0.129. The Morgan fingerprint density at radius 1 is 1.36 bits per heavy atom. The molecule has 118 valence electrons. The number of rotatable bonds is 7. The zero-order valence-electron chi connectivity index (χ0n) is 12.5. The second-order valence-corrected chi connectivity index (χ2v) is 6.48. The minimum absolute atomic E-state index is 0.0108. The predicted molar refractivity (Wildman–Crippen MR) is 89.7 cm³/mol. The maximum absolute atomic E-state index is 12.0. The van der Waals surface area contributed by atoms with Crippen molar-refractivity contribution in [3.8, 4) is 0 Å². The van der Waals surface area contributed by atoms with Crippen LogP contribution in [0.3, 0.4) is 0 Å². The van der Waals surface area contributed by atoms with E-state index in [1.165, 1.54) is 22.7 Å². The van der Waals surface area contributed by atoms with Gasteiger partial charge in [-0.2, -0.15) is 0 Å². The highest BCUT2D eigenvalue weighted by Gasteiger charge is 2.13. The van der Waals surface area contributed by atoms with E-state index in [1.54, 1.807) is 23.4 Å². The van der Waals surface area contributed by atoms with Crippen molar-refractivity contribution in [3.05, 3.63) is 33.5 Å². The summed E-state index contributed by atoms with van der Waals surface area (Å²) >= 11 is 2.70. The highest BCUT2D eigenvalue weighted by molar-refractivity contribution is 7.14. The molecule has 0 aromatic carbocycles. The Bertz CT molecular complexity index is 625. The molecule has 2 rings (SSSR count). The number of nitrogens with zero attached hydrogens (tertiary/aromatic N) is 2. The molecule has 0 aliphatic rings. The average molecular weight is 338 g/mol. The number of anilines is 1. The van der Waals surface area contributed by atoms with Gasteiger partial charge in [-0.25, -0.2) is 4.98 Å². The van der Waals surface area contributed by atoms with Crippen LogP contribution in [-0.4, -0.2) is 48.9 Å².